The molecule has 0 amide bonds. The van der Waals surface area contributed by atoms with Gasteiger partial charge in [0.1, 0.15) is 5.75 Å². The van der Waals surface area contributed by atoms with E-state index < -0.39 is 0 Å². The van der Waals surface area contributed by atoms with Gasteiger partial charge < -0.3 is 4.74 Å². The third kappa shape index (κ3) is 2.28. The van der Waals surface area contributed by atoms with Gasteiger partial charge >= 0.3 is 0 Å². The van der Waals surface area contributed by atoms with E-state index in [2.05, 4.69) is 55.5 Å². The molecule has 0 saturated heterocycles. The molecule has 19 heavy (non-hydrogen) atoms. The van der Waals surface area contributed by atoms with Gasteiger partial charge in [-0.1, -0.05) is 42.0 Å². The van der Waals surface area contributed by atoms with E-state index >= 15 is 0 Å². The Morgan fingerprint density at radius 3 is 2.37 bits per heavy atom. The molecule has 0 N–H and O–H groups in total. The Bertz CT molecular complexity index is 709. The van der Waals surface area contributed by atoms with E-state index in [0.717, 1.165) is 18.6 Å². The highest BCUT2D eigenvalue weighted by molar-refractivity contribution is 5.67. The van der Waals surface area contributed by atoms with Gasteiger partial charge in [0.25, 0.3) is 0 Å². The molecule has 1 nitrogen and oxygen atoms in total. The highest BCUT2D eigenvalue weighted by Gasteiger charge is 2.05. The van der Waals surface area contributed by atoms with Gasteiger partial charge in [-0.25, -0.2) is 0 Å². The highest BCUT2D eigenvalue weighted by Crippen LogP contribution is 2.21. The molecular formula is C18H18O. The fourth-order valence-corrected chi connectivity index (χ4v) is 2.58. The van der Waals surface area contributed by atoms with E-state index in [4.69, 9.17) is 4.74 Å². The molecular weight excluding hydrogens is 232 g/mol. The lowest BCUT2D eigenvalue weighted by molar-refractivity contribution is 0.411. The fourth-order valence-electron chi connectivity index (χ4n) is 2.58. The van der Waals surface area contributed by atoms with Crippen LogP contribution in [-0.4, -0.2) is 7.11 Å². The third-order valence-electron chi connectivity index (χ3n) is 3.66. The first-order valence-electron chi connectivity index (χ1n) is 6.73. The van der Waals surface area contributed by atoms with Crippen LogP contribution in [0.4, 0.5) is 0 Å². The first-order chi connectivity index (χ1) is 9.28. The number of rotatable bonds is 2. The molecule has 0 radical (unpaired) electrons. The molecule has 96 valence electrons. The van der Waals surface area contributed by atoms with Crippen molar-refractivity contribution < 1.29 is 4.74 Å². The molecule has 0 saturated carbocycles. The summed E-state index contributed by atoms with van der Waals surface area (Å²) in [5.41, 5.74) is 3.75. The van der Waals surface area contributed by atoms with Crippen LogP contribution in [-0.2, 0) is 0 Å². The summed E-state index contributed by atoms with van der Waals surface area (Å²) in [5, 5.41) is 2.53. The average molecular weight is 250 g/mol. The van der Waals surface area contributed by atoms with Gasteiger partial charge in [0.2, 0.25) is 0 Å². The first-order valence-corrected chi connectivity index (χ1v) is 6.73. The molecule has 0 fully saturated rings. The summed E-state index contributed by atoms with van der Waals surface area (Å²) in [7, 11) is 1.75. The molecule has 0 aromatic heterocycles. The molecule has 3 rings (SSSR count). The minimum absolute atomic E-state index is 0.976. The lowest BCUT2D eigenvalue weighted by atomic mass is 9.99. The molecule has 0 atom stereocenters. The second-order valence-corrected chi connectivity index (χ2v) is 5.03. The maximum absolute atomic E-state index is 5.55. The maximum Gasteiger partial charge on any atom is 0.126 e. The largest absolute Gasteiger partial charge is 0.496 e. The standard InChI is InChI=1S/C18H18O/c1-13-7-9-14(10-8-13)16-11-15-5-3-4-6-17(15)18(12-16)19-2/h5-12H,3-4H2,1-2H3. The second kappa shape index (κ2) is 4.93. The summed E-state index contributed by atoms with van der Waals surface area (Å²) in [5.74, 6) is 0.976. The van der Waals surface area contributed by atoms with Crippen molar-refractivity contribution in [2.75, 3.05) is 7.11 Å². The molecule has 0 spiro atoms. The minimum Gasteiger partial charge on any atom is -0.496 e. The quantitative estimate of drug-likeness (QED) is 0.796. The number of aryl methyl sites for hydroxylation is 1. The molecule has 0 unspecified atom stereocenters. The molecule has 1 aliphatic carbocycles. The van der Waals surface area contributed by atoms with Crippen LogP contribution in [0.15, 0.2) is 36.4 Å². The Labute approximate surface area is 113 Å². The van der Waals surface area contributed by atoms with Crippen molar-refractivity contribution in [3.63, 3.8) is 0 Å². The van der Waals surface area contributed by atoms with E-state index in [1.165, 1.54) is 27.1 Å². The van der Waals surface area contributed by atoms with Crippen molar-refractivity contribution in [1.29, 1.82) is 0 Å². The van der Waals surface area contributed by atoms with Gasteiger partial charge in [0.05, 0.1) is 7.11 Å². The van der Waals surface area contributed by atoms with Gasteiger partial charge in [-0.2, -0.15) is 0 Å². The molecule has 1 aliphatic rings. The van der Waals surface area contributed by atoms with Gasteiger partial charge in [0, 0.05) is 5.22 Å². The minimum atomic E-state index is 0.976. The number of fused-ring (bicyclic) bond motifs is 1. The number of ether oxygens (including phenoxy) is 1. The van der Waals surface area contributed by atoms with Gasteiger partial charge in [0.15, 0.2) is 0 Å². The lowest BCUT2D eigenvalue weighted by Gasteiger charge is -2.10. The predicted molar refractivity (Wildman–Crippen MR) is 80.6 cm³/mol. The second-order valence-electron chi connectivity index (χ2n) is 5.03. The highest BCUT2D eigenvalue weighted by atomic mass is 16.5. The summed E-state index contributed by atoms with van der Waals surface area (Å²) in [4.78, 5) is 0. The molecule has 0 heterocycles. The Kier molecular flexibility index (Phi) is 3.12. The van der Waals surface area contributed by atoms with Gasteiger partial charge in [-0.3, -0.25) is 0 Å². The van der Waals surface area contributed by atoms with Crippen molar-refractivity contribution in [3.8, 4) is 16.9 Å². The van der Waals surface area contributed by atoms with E-state index in [1.54, 1.807) is 7.11 Å². The van der Waals surface area contributed by atoms with Crippen molar-refractivity contribution >= 4 is 12.2 Å². The Morgan fingerprint density at radius 1 is 0.895 bits per heavy atom. The zero-order chi connectivity index (χ0) is 13.2. The molecule has 2 aromatic rings. The Balaban J connectivity index is 2.21. The van der Waals surface area contributed by atoms with E-state index in [-0.39, 0.29) is 0 Å². The monoisotopic (exact) mass is 250 g/mol. The topological polar surface area (TPSA) is 9.23 Å². The fraction of sp³-hybridized carbons (Fsp3) is 0.222. The van der Waals surface area contributed by atoms with Crippen LogP contribution >= 0.6 is 0 Å². The molecule has 2 aromatic carbocycles. The van der Waals surface area contributed by atoms with Crippen LogP contribution < -0.4 is 15.2 Å². The van der Waals surface area contributed by atoms with Crippen LogP contribution in [0.2, 0.25) is 0 Å². The van der Waals surface area contributed by atoms with Crippen molar-refractivity contribution in [2.24, 2.45) is 0 Å². The van der Waals surface area contributed by atoms with Gasteiger partial charge in [-0.15, -0.1) is 0 Å². The summed E-state index contributed by atoms with van der Waals surface area (Å²) in [6.07, 6.45) is 6.80. The van der Waals surface area contributed by atoms with Crippen molar-refractivity contribution in [2.45, 2.75) is 19.8 Å². The first kappa shape index (κ1) is 12.0. The summed E-state index contributed by atoms with van der Waals surface area (Å²) < 4.78 is 5.55. The number of hydrogen-bond donors (Lipinski definition) is 0. The van der Waals surface area contributed by atoms with E-state index in [9.17, 15) is 0 Å². The smallest absolute Gasteiger partial charge is 0.126 e. The van der Waals surface area contributed by atoms with Crippen LogP contribution in [0.25, 0.3) is 23.3 Å². The predicted octanol–water partition coefficient (Wildman–Crippen LogP) is 3.03. The summed E-state index contributed by atoms with van der Waals surface area (Å²) in [6.45, 7) is 2.11. The number of methoxy groups -OCH3 is 1. The zero-order valence-electron chi connectivity index (χ0n) is 11.4. The van der Waals surface area contributed by atoms with E-state index in [1.807, 2.05) is 0 Å². The van der Waals surface area contributed by atoms with Crippen LogP contribution in [0.1, 0.15) is 18.4 Å². The van der Waals surface area contributed by atoms with Crippen LogP contribution in [0.5, 0.6) is 5.75 Å². The Hall–Kier alpha value is -2.02. The molecule has 0 aliphatic heterocycles. The summed E-state index contributed by atoms with van der Waals surface area (Å²) >= 11 is 0. The van der Waals surface area contributed by atoms with Crippen molar-refractivity contribution in [1.82, 2.24) is 0 Å². The number of hydrogen-bond acceptors (Lipinski definition) is 1. The molecule has 1 heteroatoms. The lowest BCUT2D eigenvalue weighted by Crippen LogP contribution is -2.28. The van der Waals surface area contributed by atoms with Crippen LogP contribution in [0, 0.1) is 6.92 Å². The SMILES string of the molecule is COc1cc(-c2ccc(C)cc2)cc2c1=CCCC=2. The zero-order valence-corrected chi connectivity index (χ0v) is 11.4. The normalized spacial score (nSPS) is 13.2. The van der Waals surface area contributed by atoms with Gasteiger partial charge in [-0.05, 0) is 48.2 Å². The average Bonchev–Trinajstić information content (AvgIpc) is 2.47. The summed E-state index contributed by atoms with van der Waals surface area (Å²) in [6, 6.07) is 13.0. The number of benzene rings is 2. The Morgan fingerprint density at radius 2 is 1.63 bits per heavy atom. The van der Waals surface area contributed by atoms with Crippen molar-refractivity contribution in [3.05, 3.63) is 52.4 Å². The van der Waals surface area contributed by atoms with Crippen LogP contribution in [0.3, 0.4) is 0 Å². The maximum atomic E-state index is 5.55. The van der Waals surface area contributed by atoms with E-state index in [0.29, 0.717) is 0 Å². The molecule has 0 bridgehead atoms. The third-order valence-corrected chi connectivity index (χ3v) is 3.66.